The van der Waals surface area contributed by atoms with Crippen LogP contribution in [0, 0.1) is 12.8 Å². The molecule has 1 aliphatic carbocycles. The van der Waals surface area contributed by atoms with E-state index in [9.17, 15) is 13.6 Å². The molecule has 1 saturated heterocycles. The molecular weight excluding hydrogens is 464 g/mol. The molecule has 2 aromatic rings. The van der Waals surface area contributed by atoms with Crippen LogP contribution in [0.25, 0.3) is 0 Å². The van der Waals surface area contributed by atoms with E-state index in [1.165, 1.54) is 4.88 Å². The monoisotopic (exact) mass is 495 g/mol. The summed E-state index contributed by atoms with van der Waals surface area (Å²) in [5.74, 6) is -1.05. The smallest absolute Gasteiger partial charge is 0.282 e. The number of nitrogens with one attached hydrogen (secondary N) is 1. The van der Waals surface area contributed by atoms with Crippen molar-refractivity contribution in [2.24, 2.45) is 5.92 Å². The van der Waals surface area contributed by atoms with Gasteiger partial charge in [0, 0.05) is 30.1 Å². The summed E-state index contributed by atoms with van der Waals surface area (Å²) in [6, 6.07) is 1.86. The number of ether oxygens (including phenoxy) is 1. The van der Waals surface area contributed by atoms with E-state index in [-0.39, 0.29) is 31.6 Å². The van der Waals surface area contributed by atoms with Crippen molar-refractivity contribution >= 4 is 22.4 Å². The quantitative estimate of drug-likeness (QED) is 0.601. The minimum atomic E-state index is -2.56. The van der Waals surface area contributed by atoms with E-state index in [1.807, 2.05) is 0 Å². The molecule has 0 aromatic carbocycles. The molecule has 4 heterocycles. The van der Waals surface area contributed by atoms with Gasteiger partial charge >= 0.3 is 0 Å². The lowest BCUT2D eigenvalue weighted by Gasteiger charge is -2.38. The van der Waals surface area contributed by atoms with Crippen LogP contribution in [-0.4, -0.2) is 65.7 Å². The maximum absolute atomic E-state index is 13.2. The first-order valence-corrected chi connectivity index (χ1v) is 12.8. The first kappa shape index (κ1) is 23.5. The van der Waals surface area contributed by atoms with Crippen molar-refractivity contribution in [3.8, 4) is 5.88 Å². The second-order valence-corrected chi connectivity index (χ2v) is 10.8. The topological polar surface area (TPSA) is 83.7 Å². The number of carbonyl (C=O) groups is 1. The molecule has 2 fully saturated rings. The molecule has 34 heavy (non-hydrogen) atoms. The number of rotatable bonds is 8. The maximum Gasteiger partial charge on any atom is 0.282 e. The van der Waals surface area contributed by atoms with E-state index < -0.39 is 5.92 Å². The third-order valence-electron chi connectivity index (χ3n) is 6.93. The predicted octanol–water partition coefficient (Wildman–Crippen LogP) is 3.40. The summed E-state index contributed by atoms with van der Waals surface area (Å²) in [6.45, 7) is 4.15. The minimum absolute atomic E-state index is 0.0542. The van der Waals surface area contributed by atoms with E-state index in [2.05, 4.69) is 20.4 Å². The van der Waals surface area contributed by atoms with E-state index in [4.69, 9.17) is 9.26 Å². The SMILES string of the molecule is Cc1cc(OCC(=O)N[C@H]2CC[C@H](CCN3CCc4sc(N5CC(F)(F)C5)nc4C3)CC2)no1. The van der Waals surface area contributed by atoms with Crippen LogP contribution in [-0.2, 0) is 17.8 Å². The number of halogens is 2. The number of hydrogen-bond acceptors (Lipinski definition) is 8. The van der Waals surface area contributed by atoms with Crippen LogP contribution in [0.5, 0.6) is 5.88 Å². The Hall–Kier alpha value is -2.27. The lowest BCUT2D eigenvalue weighted by molar-refractivity contribution is -0.124. The summed E-state index contributed by atoms with van der Waals surface area (Å²) in [5, 5.41) is 7.54. The van der Waals surface area contributed by atoms with E-state index >= 15 is 0 Å². The number of carbonyl (C=O) groups excluding carboxylic acids is 1. The fraction of sp³-hybridized carbons (Fsp3) is 0.696. The summed E-state index contributed by atoms with van der Waals surface area (Å²) in [7, 11) is 0. The molecule has 0 spiro atoms. The summed E-state index contributed by atoms with van der Waals surface area (Å²) < 4.78 is 36.6. The van der Waals surface area contributed by atoms with Gasteiger partial charge in [-0.1, -0.05) is 0 Å². The van der Waals surface area contributed by atoms with Crippen LogP contribution in [0.2, 0.25) is 0 Å². The first-order chi connectivity index (χ1) is 16.3. The van der Waals surface area contributed by atoms with Crippen LogP contribution < -0.4 is 15.0 Å². The zero-order valence-corrected chi connectivity index (χ0v) is 20.2. The van der Waals surface area contributed by atoms with E-state index in [0.717, 1.165) is 69.0 Å². The predicted molar refractivity (Wildman–Crippen MR) is 123 cm³/mol. The molecule has 5 rings (SSSR count). The van der Waals surface area contributed by atoms with Crippen molar-refractivity contribution in [3.63, 3.8) is 0 Å². The minimum Gasteiger partial charge on any atom is -0.465 e. The van der Waals surface area contributed by atoms with E-state index in [1.54, 1.807) is 29.2 Å². The molecule has 186 valence electrons. The Morgan fingerprint density at radius 2 is 2.12 bits per heavy atom. The Bertz CT molecular complexity index is 997. The number of anilines is 1. The second kappa shape index (κ2) is 9.77. The Morgan fingerprint density at radius 1 is 1.32 bits per heavy atom. The van der Waals surface area contributed by atoms with Crippen LogP contribution in [0.1, 0.15) is 48.4 Å². The highest BCUT2D eigenvalue weighted by Crippen LogP contribution is 2.37. The first-order valence-electron chi connectivity index (χ1n) is 12.0. The van der Waals surface area contributed by atoms with Gasteiger partial charge in [-0.15, -0.1) is 11.3 Å². The zero-order valence-electron chi connectivity index (χ0n) is 19.4. The summed E-state index contributed by atoms with van der Waals surface area (Å²) in [6.07, 6.45) is 6.28. The molecule has 0 radical (unpaired) electrons. The third kappa shape index (κ3) is 5.68. The molecule has 1 N–H and O–H groups in total. The van der Waals surface area contributed by atoms with Gasteiger partial charge in [0.15, 0.2) is 11.7 Å². The van der Waals surface area contributed by atoms with Gasteiger partial charge in [0.1, 0.15) is 5.76 Å². The highest BCUT2D eigenvalue weighted by atomic mass is 32.1. The number of nitrogens with zero attached hydrogens (tertiary/aromatic N) is 4. The molecular formula is C23H31F2N5O3S. The van der Waals surface area contributed by atoms with Gasteiger partial charge in [-0.05, 0) is 63.1 Å². The Morgan fingerprint density at radius 3 is 2.82 bits per heavy atom. The van der Waals surface area contributed by atoms with Gasteiger partial charge in [0.05, 0.1) is 18.8 Å². The largest absolute Gasteiger partial charge is 0.465 e. The molecule has 2 aliphatic heterocycles. The van der Waals surface area contributed by atoms with Gasteiger partial charge in [-0.2, -0.15) is 0 Å². The second-order valence-electron chi connectivity index (χ2n) is 9.74. The summed E-state index contributed by atoms with van der Waals surface area (Å²) in [5.41, 5.74) is 1.07. The Balaban J connectivity index is 0.994. The van der Waals surface area contributed by atoms with Crippen LogP contribution in [0.3, 0.4) is 0 Å². The fourth-order valence-electron chi connectivity index (χ4n) is 4.99. The number of amides is 1. The number of alkyl halides is 2. The van der Waals surface area contributed by atoms with Crippen LogP contribution in [0.4, 0.5) is 13.9 Å². The van der Waals surface area contributed by atoms with Crippen molar-refractivity contribution in [2.45, 2.75) is 64.0 Å². The molecule has 11 heteroatoms. The average Bonchev–Trinajstić information content (AvgIpc) is 3.41. The fourth-order valence-corrected chi connectivity index (χ4v) is 6.05. The third-order valence-corrected chi connectivity index (χ3v) is 8.15. The lowest BCUT2D eigenvalue weighted by Crippen LogP contribution is -2.56. The highest BCUT2D eigenvalue weighted by molar-refractivity contribution is 7.15. The van der Waals surface area contributed by atoms with Gasteiger partial charge in [-0.25, -0.2) is 13.8 Å². The van der Waals surface area contributed by atoms with E-state index in [0.29, 0.717) is 17.6 Å². The van der Waals surface area contributed by atoms with Crippen molar-refractivity contribution in [1.82, 2.24) is 20.4 Å². The number of hydrogen-bond donors (Lipinski definition) is 1. The molecule has 1 saturated carbocycles. The Kier molecular flexibility index (Phi) is 6.74. The molecule has 8 nitrogen and oxygen atoms in total. The van der Waals surface area contributed by atoms with Crippen molar-refractivity contribution in [3.05, 3.63) is 22.4 Å². The number of aryl methyl sites for hydroxylation is 1. The van der Waals surface area contributed by atoms with Crippen LogP contribution >= 0.6 is 11.3 Å². The lowest BCUT2D eigenvalue weighted by atomic mass is 9.84. The number of aromatic nitrogens is 2. The molecule has 0 unspecified atom stereocenters. The van der Waals surface area contributed by atoms with Gasteiger partial charge in [0.25, 0.3) is 17.7 Å². The van der Waals surface area contributed by atoms with Crippen molar-refractivity contribution < 1.29 is 22.8 Å². The van der Waals surface area contributed by atoms with Crippen molar-refractivity contribution in [1.29, 1.82) is 0 Å². The van der Waals surface area contributed by atoms with Crippen molar-refractivity contribution in [2.75, 3.05) is 37.7 Å². The number of thiazole rings is 1. The summed E-state index contributed by atoms with van der Waals surface area (Å²) in [4.78, 5) is 22.2. The van der Waals surface area contributed by atoms with Gasteiger partial charge < -0.3 is 19.5 Å². The average molecular weight is 496 g/mol. The highest BCUT2D eigenvalue weighted by Gasteiger charge is 2.45. The Labute approximate surface area is 201 Å². The normalized spacial score (nSPS) is 24.4. The van der Waals surface area contributed by atoms with Crippen LogP contribution in [0.15, 0.2) is 10.6 Å². The summed E-state index contributed by atoms with van der Waals surface area (Å²) >= 11 is 1.58. The molecule has 0 atom stereocenters. The molecule has 3 aliphatic rings. The molecule has 2 aromatic heterocycles. The van der Waals surface area contributed by atoms with Gasteiger partial charge in [0.2, 0.25) is 0 Å². The van der Waals surface area contributed by atoms with Gasteiger partial charge in [-0.3, -0.25) is 9.69 Å². The maximum atomic E-state index is 13.2. The zero-order chi connectivity index (χ0) is 23.7. The molecule has 0 bridgehead atoms. The molecule has 1 amide bonds. The number of fused-ring (bicyclic) bond motifs is 1. The standard InChI is InChI=1S/C23H31F2N5O3S/c1-15-10-21(28-33-15)32-12-20(31)26-17-4-2-16(3-5-17)6-8-29-9-7-19-18(11-29)27-22(34-19)30-13-23(24,25)14-30/h10,16-17H,2-9,11-14H2,1H3,(H,26,31)/t16-,17-.